The van der Waals surface area contributed by atoms with E-state index in [0.717, 1.165) is 0 Å². The molecule has 0 saturated heterocycles. The van der Waals surface area contributed by atoms with Crippen LogP contribution in [0, 0.1) is 5.92 Å². The molecule has 1 atom stereocenters. The van der Waals surface area contributed by atoms with Gasteiger partial charge in [-0.25, -0.2) is 4.68 Å². The summed E-state index contributed by atoms with van der Waals surface area (Å²) in [7, 11) is 1.55. The molecule has 0 aromatic carbocycles. The third kappa shape index (κ3) is 3.44. The fraction of sp³-hybridized carbons (Fsp3) is 0.636. The molecular formula is C11H18ClN3O2. The lowest BCUT2D eigenvalue weighted by molar-refractivity contribution is 0.267. The monoisotopic (exact) mass is 259 g/mol. The third-order valence-corrected chi connectivity index (χ3v) is 3.03. The number of halogens is 1. The Morgan fingerprint density at radius 1 is 1.59 bits per heavy atom. The van der Waals surface area contributed by atoms with Crippen LogP contribution in [-0.4, -0.2) is 27.5 Å². The highest BCUT2D eigenvalue weighted by Gasteiger charge is 2.15. The maximum Gasteiger partial charge on any atom is 0.287 e. The van der Waals surface area contributed by atoms with Crippen LogP contribution in [0.4, 0.5) is 5.69 Å². The van der Waals surface area contributed by atoms with E-state index in [0.29, 0.717) is 18.0 Å². The van der Waals surface area contributed by atoms with Crippen LogP contribution < -0.4 is 10.9 Å². The maximum atomic E-state index is 11.6. The van der Waals surface area contributed by atoms with E-state index in [4.69, 9.17) is 16.7 Å². The molecule has 0 bridgehead atoms. The minimum absolute atomic E-state index is 0.0615. The van der Waals surface area contributed by atoms with Gasteiger partial charge < -0.3 is 10.4 Å². The summed E-state index contributed by atoms with van der Waals surface area (Å²) >= 11 is 5.95. The fourth-order valence-corrected chi connectivity index (χ4v) is 1.75. The molecule has 1 rings (SSSR count). The number of hydrogen-bond donors (Lipinski definition) is 2. The largest absolute Gasteiger partial charge is 0.396 e. The van der Waals surface area contributed by atoms with E-state index in [1.807, 2.05) is 13.8 Å². The number of hydrogen-bond acceptors (Lipinski definition) is 4. The van der Waals surface area contributed by atoms with Crippen LogP contribution in [0.2, 0.25) is 5.02 Å². The van der Waals surface area contributed by atoms with Gasteiger partial charge in [0.25, 0.3) is 5.56 Å². The molecule has 2 N–H and O–H groups in total. The summed E-state index contributed by atoms with van der Waals surface area (Å²) in [4.78, 5) is 11.6. The van der Waals surface area contributed by atoms with Gasteiger partial charge in [0.2, 0.25) is 0 Å². The molecule has 0 radical (unpaired) electrons. The van der Waals surface area contributed by atoms with Crippen molar-refractivity contribution in [1.82, 2.24) is 9.78 Å². The first-order chi connectivity index (χ1) is 7.97. The zero-order valence-corrected chi connectivity index (χ0v) is 11.0. The quantitative estimate of drug-likeness (QED) is 0.835. The normalized spacial score (nSPS) is 12.8. The molecule has 0 aliphatic heterocycles. The molecule has 0 fully saturated rings. The highest BCUT2D eigenvalue weighted by Crippen LogP contribution is 2.19. The molecule has 1 aromatic rings. The van der Waals surface area contributed by atoms with Gasteiger partial charge in [0.15, 0.2) is 0 Å². The van der Waals surface area contributed by atoms with Crippen LogP contribution in [0.3, 0.4) is 0 Å². The average Bonchev–Trinajstić information content (AvgIpc) is 2.28. The maximum absolute atomic E-state index is 11.6. The fourth-order valence-electron chi connectivity index (χ4n) is 1.52. The van der Waals surface area contributed by atoms with Gasteiger partial charge in [-0.2, -0.15) is 5.10 Å². The van der Waals surface area contributed by atoms with Crippen molar-refractivity contribution in [2.75, 3.05) is 11.9 Å². The molecule has 1 aromatic heterocycles. The van der Waals surface area contributed by atoms with E-state index in [1.165, 1.54) is 10.9 Å². The second kappa shape index (κ2) is 6.02. The smallest absolute Gasteiger partial charge is 0.287 e. The molecule has 1 heterocycles. The number of anilines is 1. The zero-order valence-electron chi connectivity index (χ0n) is 10.3. The Balaban J connectivity index is 2.94. The number of nitrogens with one attached hydrogen (secondary N) is 1. The van der Waals surface area contributed by atoms with Crippen molar-refractivity contribution in [2.24, 2.45) is 13.0 Å². The van der Waals surface area contributed by atoms with Crippen molar-refractivity contribution in [2.45, 2.75) is 26.3 Å². The molecule has 0 aliphatic rings. The van der Waals surface area contributed by atoms with Gasteiger partial charge >= 0.3 is 0 Å². The van der Waals surface area contributed by atoms with Gasteiger partial charge in [-0.05, 0) is 12.3 Å². The molecule has 1 unspecified atom stereocenters. The molecular weight excluding hydrogens is 242 g/mol. The molecule has 96 valence electrons. The predicted octanol–water partition coefficient (Wildman–Crippen LogP) is 1.25. The number of aryl methyl sites for hydroxylation is 1. The molecule has 5 nitrogen and oxygen atoms in total. The summed E-state index contributed by atoms with van der Waals surface area (Å²) in [5, 5.41) is 16.2. The minimum Gasteiger partial charge on any atom is -0.396 e. The van der Waals surface area contributed by atoms with E-state index in [-0.39, 0.29) is 23.2 Å². The van der Waals surface area contributed by atoms with Gasteiger partial charge in [0, 0.05) is 19.7 Å². The number of rotatable bonds is 5. The zero-order chi connectivity index (χ0) is 13.0. The van der Waals surface area contributed by atoms with Crippen molar-refractivity contribution in [3.05, 3.63) is 21.6 Å². The van der Waals surface area contributed by atoms with Gasteiger partial charge in [0.05, 0.1) is 11.9 Å². The highest BCUT2D eigenvalue weighted by molar-refractivity contribution is 6.32. The summed E-state index contributed by atoms with van der Waals surface area (Å²) in [6.45, 7) is 4.16. The van der Waals surface area contributed by atoms with E-state index in [1.54, 1.807) is 7.05 Å². The predicted molar refractivity (Wildman–Crippen MR) is 68.4 cm³/mol. The third-order valence-electron chi connectivity index (χ3n) is 2.66. The molecule has 17 heavy (non-hydrogen) atoms. The Morgan fingerprint density at radius 2 is 2.24 bits per heavy atom. The van der Waals surface area contributed by atoms with Crippen LogP contribution in [-0.2, 0) is 7.05 Å². The Hall–Kier alpha value is -1.07. The Kier molecular flexibility index (Phi) is 4.96. The van der Waals surface area contributed by atoms with Gasteiger partial charge in [-0.3, -0.25) is 4.79 Å². The van der Waals surface area contributed by atoms with E-state index >= 15 is 0 Å². The van der Waals surface area contributed by atoms with Crippen molar-refractivity contribution >= 4 is 17.3 Å². The van der Waals surface area contributed by atoms with Crippen molar-refractivity contribution in [1.29, 1.82) is 0 Å². The topological polar surface area (TPSA) is 67.2 Å². The molecule has 0 amide bonds. The van der Waals surface area contributed by atoms with Gasteiger partial charge in [-0.1, -0.05) is 25.4 Å². The summed E-state index contributed by atoms with van der Waals surface area (Å²) in [6.07, 6.45) is 2.12. The molecule has 0 saturated carbocycles. The summed E-state index contributed by atoms with van der Waals surface area (Å²) in [5.41, 5.74) is 0.185. The van der Waals surface area contributed by atoms with Crippen molar-refractivity contribution < 1.29 is 5.11 Å². The molecule has 0 aliphatic carbocycles. The van der Waals surface area contributed by atoms with E-state index in [9.17, 15) is 4.79 Å². The number of aliphatic hydroxyl groups excluding tert-OH is 1. The lowest BCUT2D eigenvalue weighted by Gasteiger charge is -2.23. The second-order valence-corrected chi connectivity index (χ2v) is 4.69. The van der Waals surface area contributed by atoms with Gasteiger partial charge in [-0.15, -0.1) is 0 Å². The highest BCUT2D eigenvalue weighted by atomic mass is 35.5. The van der Waals surface area contributed by atoms with Crippen molar-refractivity contribution in [3.8, 4) is 0 Å². The van der Waals surface area contributed by atoms with Crippen LogP contribution in [0.5, 0.6) is 0 Å². The SMILES string of the molecule is CC(C)C(CCO)Nc1cnn(C)c(=O)c1Cl. The molecule has 0 spiro atoms. The van der Waals surface area contributed by atoms with Crippen molar-refractivity contribution in [3.63, 3.8) is 0 Å². The van der Waals surface area contributed by atoms with Crippen LogP contribution in [0.15, 0.2) is 11.0 Å². The van der Waals surface area contributed by atoms with Crippen LogP contribution >= 0.6 is 11.6 Å². The Bertz CT molecular complexity index is 431. The average molecular weight is 260 g/mol. The first-order valence-electron chi connectivity index (χ1n) is 5.56. The standard InChI is InChI=1S/C11H18ClN3O2/c1-7(2)8(4-5-16)14-9-6-13-15(3)11(17)10(9)12/h6-8,14,16H,4-5H2,1-3H3. The summed E-state index contributed by atoms with van der Waals surface area (Å²) in [6, 6.07) is 0.0615. The molecule has 6 heteroatoms. The summed E-state index contributed by atoms with van der Waals surface area (Å²) < 4.78 is 1.18. The Labute approximate surface area is 105 Å². The number of aromatic nitrogens is 2. The second-order valence-electron chi connectivity index (χ2n) is 4.31. The van der Waals surface area contributed by atoms with Gasteiger partial charge in [0.1, 0.15) is 5.02 Å². The van der Waals surface area contributed by atoms with E-state index in [2.05, 4.69) is 10.4 Å². The summed E-state index contributed by atoms with van der Waals surface area (Å²) in [5.74, 6) is 0.322. The lowest BCUT2D eigenvalue weighted by Crippen LogP contribution is -2.29. The van der Waals surface area contributed by atoms with Crippen LogP contribution in [0.25, 0.3) is 0 Å². The number of nitrogens with zero attached hydrogens (tertiary/aromatic N) is 2. The first-order valence-corrected chi connectivity index (χ1v) is 5.94. The number of aliphatic hydroxyl groups is 1. The minimum atomic E-state index is -0.330. The van der Waals surface area contributed by atoms with E-state index < -0.39 is 0 Å². The Morgan fingerprint density at radius 3 is 2.76 bits per heavy atom. The lowest BCUT2D eigenvalue weighted by atomic mass is 10.0. The first kappa shape index (κ1) is 14.0. The van der Waals surface area contributed by atoms with Crippen LogP contribution in [0.1, 0.15) is 20.3 Å².